The molecule has 0 atom stereocenters. The van der Waals surface area contributed by atoms with Gasteiger partial charge >= 0.3 is 6.09 Å². The Kier molecular flexibility index (Phi) is 6.84. The minimum Gasteiger partial charge on any atom is -0.444 e. The van der Waals surface area contributed by atoms with Crippen molar-refractivity contribution in [2.24, 2.45) is 0 Å². The summed E-state index contributed by atoms with van der Waals surface area (Å²) >= 11 is 1.47. The average molecular weight is 562 g/mol. The molecular weight excluding hydrogens is 526 g/mol. The zero-order chi connectivity index (χ0) is 27.3. The van der Waals surface area contributed by atoms with Gasteiger partial charge in [0.25, 0.3) is 5.91 Å². The molecule has 1 N–H and O–H groups in total. The molecule has 0 unspecified atom stereocenters. The van der Waals surface area contributed by atoms with Gasteiger partial charge in [0, 0.05) is 30.6 Å². The van der Waals surface area contributed by atoms with Crippen molar-refractivity contribution in [1.29, 1.82) is 0 Å². The fourth-order valence-electron chi connectivity index (χ4n) is 5.15. The highest BCUT2D eigenvalue weighted by Gasteiger charge is 2.57. The molecule has 1 saturated heterocycles. The van der Waals surface area contributed by atoms with Crippen molar-refractivity contribution in [3.63, 3.8) is 0 Å². The quantitative estimate of drug-likeness (QED) is 0.582. The topological polar surface area (TPSA) is 115 Å². The van der Waals surface area contributed by atoms with Crippen molar-refractivity contribution in [1.82, 2.24) is 15.2 Å². The molecule has 0 bridgehead atoms. The van der Waals surface area contributed by atoms with E-state index >= 15 is 0 Å². The minimum absolute atomic E-state index is 0.0132. The van der Waals surface area contributed by atoms with E-state index in [0.29, 0.717) is 36.5 Å². The molecule has 2 aromatic heterocycles. The van der Waals surface area contributed by atoms with Gasteiger partial charge in [-0.2, -0.15) is 0 Å². The van der Waals surface area contributed by atoms with Crippen LogP contribution in [0.3, 0.4) is 0 Å². The fraction of sp³-hybridized carbons (Fsp3) is 0.593. The first-order valence-corrected chi connectivity index (χ1v) is 15.6. The van der Waals surface area contributed by atoms with Gasteiger partial charge in [-0.05, 0) is 70.2 Å². The third-order valence-electron chi connectivity index (χ3n) is 7.37. The molecule has 2 aliphatic heterocycles. The van der Waals surface area contributed by atoms with Crippen molar-refractivity contribution in [3.05, 3.63) is 45.4 Å². The second-order valence-electron chi connectivity index (χ2n) is 11.5. The molecule has 2 amide bonds. The maximum atomic E-state index is 13.1. The van der Waals surface area contributed by atoms with Crippen LogP contribution in [0, 0.1) is 0 Å². The molecule has 2 spiro atoms. The molecule has 2 aromatic rings. The number of hydrogen-bond acceptors (Lipinski definition) is 8. The number of fused-ring (bicyclic) bond motifs is 2. The van der Waals surface area contributed by atoms with Gasteiger partial charge in [0.05, 0.1) is 33.4 Å². The number of aromatic nitrogens is 1. The number of hydrogen-bond donors (Lipinski definition) is 1. The Hall–Kier alpha value is -2.50. The molecule has 9 nitrogen and oxygen atoms in total. The van der Waals surface area contributed by atoms with E-state index in [4.69, 9.17) is 9.47 Å². The zero-order valence-corrected chi connectivity index (χ0v) is 24.0. The molecule has 0 radical (unpaired) electrons. The first-order valence-electron chi connectivity index (χ1n) is 13.1. The summed E-state index contributed by atoms with van der Waals surface area (Å²) in [6, 6.07) is 5.14. The Morgan fingerprint density at radius 1 is 1.18 bits per heavy atom. The highest BCUT2D eigenvalue weighted by molar-refractivity contribution is 7.91. The van der Waals surface area contributed by atoms with Crippen LogP contribution in [0.15, 0.2) is 29.3 Å². The van der Waals surface area contributed by atoms with Crippen LogP contribution in [0.4, 0.5) is 4.79 Å². The number of rotatable bonds is 5. The largest absolute Gasteiger partial charge is 0.444 e. The molecule has 5 rings (SSSR count). The smallest absolute Gasteiger partial charge is 0.410 e. The Bertz CT molecular complexity index is 1330. The van der Waals surface area contributed by atoms with Crippen molar-refractivity contribution in [2.45, 2.75) is 88.0 Å². The van der Waals surface area contributed by atoms with Crippen molar-refractivity contribution in [2.75, 3.05) is 18.8 Å². The van der Waals surface area contributed by atoms with E-state index in [-0.39, 0.29) is 34.8 Å². The zero-order valence-electron chi connectivity index (χ0n) is 22.3. The third kappa shape index (κ3) is 5.46. The van der Waals surface area contributed by atoms with Gasteiger partial charge in [-0.15, -0.1) is 11.3 Å². The predicted molar refractivity (Wildman–Crippen MR) is 143 cm³/mol. The molecule has 1 aliphatic carbocycles. The maximum Gasteiger partial charge on any atom is 0.410 e. The van der Waals surface area contributed by atoms with Crippen LogP contribution in [0.25, 0.3) is 0 Å². The van der Waals surface area contributed by atoms with E-state index in [2.05, 4.69) is 10.3 Å². The molecule has 11 heteroatoms. The second-order valence-corrected chi connectivity index (χ2v) is 14.8. The number of sulfone groups is 1. The van der Waals surface area contributed by atoms with E-state index in [1.807, 2.05) is 26.8 Å². The van der Waals surface area contributed by atoms with Crippen LogP contribution in [0.5, 0.6) is 0 Å². The lowest BCUT2D eigenvalue weighted by molar-refractivity contribution is -0.148. The first kappa shape index (κ1) is 27.1. The van der Waals surface area contributed by atoms with Crippen LogP contribution in [0.1, 0.15) is 79.2 Å². The van der Waals surface area contributed by atoms with E-state index < -0.39 is 21.0 Å². The van der Waals surface area contributed by atoms with Crippen LogP contribution in [0.2, 0.25) is 0 Å². The second kappa shape index (κ2) is 9.60. The normalized spacial score (nSPS) is 19.7. The summed E-state index contributed by atoms with van der Waals surface area (Å²) < 4.78 is 36.3. The molecule has 3 aliphatic rings. The number of thiophene rings is 1. The minimum atomic E-state index is -3.31. The summed E-state index contributed by atoms with van der Waals surface area (Å²) in [5.41, 5.74) is 0.566. The molecule has 2 fully saturated rings. The van der Waals surface area contributed by atoms with Gasteiger partial charge in [0.1, 0.15) is 11.2 Å². The summed E-state index contributed by atoms with van der Waals surface area (Å²) in [6.07, 6.45) is 5.19. The molecule has 206 valence electrons. The first-order chi connectivity index (χ1) is 17.8. The number of nitrogens with one attached hydrogen (secondary N) is 1. The predicted octanol–water partition coefficient (Wildman–Crippen LogP) is 4.20. The van der Waals surface area contributed by atoms with Crippen molar-refractivity contribution in [3.8, 4) is 0 Å². The van der Waals surface area contributed by atoms with Gasteiger partial charge in [-0.3, -0.25) is 9.78 Å². The molecule has 38 heavy (non-hydrogen) atoms. The lowest BCUT2D eigenvalue weighted by atomic mass is 9.83. The highest BCUT2D eigenvalue weighted by Crippen LogP contribution is 2.57. The van der Waals surface area contributed by atoms with Crippen LogP contribution in [-0.2, 0) is 37.9 Å². The SMILES string of the molecule is CCS(=O)(=O)c1ccc(CNC(=O)c2cc3c(s2)C2(CCN(C(=O)OC(C)(C)C)CC2)OC2(CC2)C3)nc1. The van der Waals surface area contributed by atoms with Crippen LogP contribution in [-0.4, -0.2) is 60.3 Å². The van der Waals surface area contributed by atoms with Gasteiger partial charge in [-0.25, -0.2) is 13.2 Å². The summed E-state index contributed by atoms with van der Waals surface area (Å²) in [7, 11) is -3.31. The highest BCUT2D eigenvalue weighted by atomic mass is 32.2. The fourth-order valence-corrected chi connectivity index (χ4v) is 7.25. The number of piperidine rings is 1. The Labute approximate surface area is 227 Å². The molecular formula is C27H35N3O6S2. The monoisotopic (exact) mass is 561 g/mol. The number of nitrogens with zero attached hydrogens (tertiary/aromatic N) is 2. The summed E-state index contributed by atoms with van der Waals surface area (Å²) in [4.78, 5) is 33.6. The standard InChI is InChI=1S/C27H35N3O6S2/c1-5-38(33,34)20-7-6-19(28-17-20)16-29-23(31)21-14-18-15-26(8-9-26)36-27(22(18)37-21)10-12-30(13-11-27)24(32)35-25(2,3)4/h6-7,14,17H,5,8-13,15-16H2,1-4H3,(H,29,31). The molecule has 0 aromatic carbocycles. The van der Waals surface area contributed by atoms with Crippen LogP contribution >= 0.6 is 11.3 Å². The Morgan fingerprint density at radius 3 is 2.47 bits per heavy atom. The summed E-state index contributed by atoms with van der Waals surface area (Å²) in [5, 5.41) is 2.92. The van der Waals surface area contributed by atoms with E-state index in [1.54, 1.807) is 17.9 Å². The van der Waals surface area contributed by atoms with Gasteiger partial charge in [0.2, 0.25) is 0 Å². The lowest BCUT2D eigenvalue weighted by Gasteiger charge is -2.46. The van der Waals surface area contributed by atoms with Gasteiger partial charge < -0.3 is 19.7 Å². The van der Waals surface area contributed by atoms with Crippen molar-refractivity contribution >= 4 is 33.2 Å². The number of carbonyl (C=O) groups is 2. The number of carbonyl (C=O) groups excluding carboxylic acids is 2. The summed E-state index contributed by atoms with van der Waals surface area (Å²) in [6.45, 7) is 8.47. The number of amides is 2. The van der Waals surface area contributed by atoms with E-state index in [1.165, 1.54) is 29.2 Å². The maximum absolute atomic E-state index is 13.1. The third-order valence-corrected chi connectivity index (χ3v) is 10.4. The Balaban J connectivity index is 1.28. The average Bonchev–Trinajstić information content (AvgIpc) is 3.45. The molecule has 1 saturated carbocycles. The number of ether oxygens (including phenoxy) is 2. The van der Waals surface area contributed by atoms with Crippen molar-refractivity contribution < 1.29 is 27.5 Å². The number of pyridine rings is 1. The summed E-state index contributed by atoms with van der Waals surface area (Å²) in [5.74, 6) is -0.179. The Morgan fingerprint density at radius 2 is 1.89 bits per heavy atom. The van der Waals surface area contributed by atoms with E-state index in [9.17, 15) is 18.0 Å². The van der Waals surface area contributed by atoms with Crippen LogP contribution < -0.4 is 5.32 Å². The lowest BCUT2D eigenvalue weighted by Crippen LogP contribution is -2.51. The van der Waals surface area contributed by atoms with Gasteiger partial charge in [0.15, 0.2) is 9.84 Å². The van der Waals surface area contributed by atoms with E-state index in [0.717, 1.165) is 24.1 Å². The van der Waals surface area contributed by atoms with Gasteiger partial charge in [-0.1, -0.05) is 6.92 Å². The molecule has 4 heterocycles. The number of likely N-dealkylation sites (tertiary alicyclic amines) is 1.